The summed E-state index contributed by atoms with van der Waals surface area (Å²) in [5, 5.41) is 0. The van der Waals surface area contributed by atoms with Gasteiger partial charge in [-0.25, -0.2) is 0 Å². The van der Waals surface area contributed by atoms with Crippen molar-refractivity contribution >= 4 is 0 Å². The van der Waals surface area contributed by atoms with Gasteiger partial charge in [-0.05, 0) is 89.5 Å². The summed E-state index contributed by atoms with van der Waals surface area (Å²) in [6.45, 7) is 0. The Labute approximate surface area is 330 Å². The lowest BCUT2D eigenvalue weighted by molar-refractivity contribution is 0.768. The minimum Gasteiger partial charge on any atom is -0.0622 e. The van der Waals surface area contributed by atoms with Crippen molar-refractivity contribution in [1.82, 2.24) is 0 Å². The van der Waals surface area contributed by atoms with Crippen LogP contribution in [0.1, 0.15) is 44.9 Å². The fourth-order valence-electron chi connectivity index (χ4n) is 9.21. The zero-order valence-corrected chi connectivity index (χ0v) is 31.1. The predicted octanol–water partition coefficient (Wildman–Crippen LogP) is 14.2. The second kappa shape index (κ2) is 14.3. The third-order valence-corrected chi connectivity index (χ3v) is 11.7. The van der Waals surface area contributed by atoms with E-state index in [2.05, 4.69) is 237 Å². The second-order valence-electron chi connectivity index (χ2n) is 14.8. The largest absolute Gasteiger partial charge is 0.0713 e. The molecule has 1 atom stereocenters. The second-order valence-corrected chi connectivity index (χ2v) is 14.8. The van der Waals surface area contributed by atoms with Crippen molar-refractivity contribution in [2.75, 3.05) is 0 Å². The van der Waals surface area contributed by atoms with Crippen molar-refractivity contribution in [1.29, 1.82) is 0 Å². The van der Waals surface area contributed by atoms with Crippen LogP contribution in [0.2, 0.25) is 0 Å². The standard InChI is InChI=1S/C56H40/c1-5-18-40(19-6-1)41-32-34-43(35-33-41)55(51-30-14-13-28-49(51)42-20-7-2-8-21-42)46-23-17-22-44(38-46)45-36-37-54-52(39-45)50-29-15-16-31-53(50)56(54,47-24-9-3-10-25-47)48-26-11-4-12-27-48/h1-39,55H. The monoisotopic (exact) mass is 712 g/mol. The molecule has 56 heavy (non-hydrogen) atoms. The minimum absolute atomic E-state index is 0.0233. The molecule has 264 valence electrons. The van der Waals surface area contributed by atoms with Crippen LogP contribution in [0.25, 0.3) is 44.5 Å². The molecule has 1 aliphatic rings. The van der Waals surface area contributed by atoms with Gasteiger partial charge in [0.15, 0.2) is 0 Å². The molecule has 9 aromatic carbocycles. The van der Waals surface area contributed by atoms with E-state index in [4.69, 9.17) is 0 Å². The molecule has 0 heteroatoms. The molecule has 0 N–H and O–H groups in total. The highest BCUT2D eigenvalue weighted by atomic mass is 14.5. The van der Waals surface area contributed by atoms with Crippen molar-refractivity contribution in [2.24, 2.45) is 0 Å². The molecule has 0 radical (unpaired) electrons. The van der Waals surface area contributed by atoms with E-state index in [0.717, 1.165) is 0 Å². The maximum Gasteiger partial charge on any atom is 0.0713 e. The first-order chi connectivity index (χ1) is 27.8. The van der Waals surface area contributed by atoms with Crippen molar-refractivity contribution in [3.8, 4) is 44.5 Å². The van der Waals surface area contributed by atoms with Gasteiger partial charge in [0.1, 0.15) is 0 Å². The molecule has 0 saturated carbocycles. The minimum atomic E-state index is -0.410. The van der Waals surface area contributed by atoms with Gasteiger partial charge in [0.05, 0.1) is 5.41 Å². The smallest absolute Gasteiger partial charge is 0.0622 e. The van der Waals surface area contributed by atoms with Crippen LogP contribution in [0.5, 0.6) is 0 Å². The summed E-state index contributed by atoms with van der Waals surface area (Å²) in [5.74, 6) is 0.0233. The summed E-state index contributed by atoms with van der Waals surface area (Å²) in [6.07, 6.45) is 0. The van der Waals surface area contributed by atoms with Crippen LogP contribution in [0.4, 0.5) is 0 Å². The van der Waals surface area contributed by atoms with Crippen LogP contribution in [-0.4, -0.2) is 0 Å². The maximum absolute atomic E-state index is 2.43. The first-order valence-electron chi connectivity index (χ1n) is 19.5. The third kappa shape index (κ3) is 5.70. The highest BCUT2D eigenvalue weighted by molar-refractivity contribution is 5.89. The number of hydrogen-bond donors (Lipinski definition) is 0. The highest BCUT2D eigenvalue weighted by Crippen LogP contribution is 2.56. The molecule has 10 rings (SSSR count). The van der Waals surface area contributed by atoms with E-state index in [-0.39, 0.29) is 5.92 Å². The molecule has 0 saturated heterocycles. The van der Waals surface area contributed by atoms with E-state index < -0.39 is 5.41 Å². The van der Waals surface area contributed by atoms with Gasteiger partial charge < -0.3 is 0 Å². The molecular formula is C56H40. The quantitative estimate of drug-likeness (QED) is 0.138. The normalized spacial score (nSPS) is 13.1. The fraction of sp³-hybridized carbons (Fsp3) is 0.0357. The number of fused-ring (bicyclic) bond motifs is 3. The van der Waals surface area contributed by atoms with Crippen molar-refractivity contribution < 1.29 is 0 Å². The molecule has 0 amide bonds. The van der Waals surface area contributed by atoms with Gasteiger partial charge in [-0.15, -0.1) is 0 Å². The molecule has 0 spiro atoms. The number of hydrogen-bond acceptors (Lipinski definition) is 0. The van der Waals surface area contributed by atoms with Crippen LogP contribution in [-0.2, 0) is 5.41 Å². The van der Waals surface area contributed by atoms with E-state index in [1.54, 1.807) is 0 Å². The molecule has 0 heterocycles. The lowest BCUT2D eigenvalue weighted by atomic mass is 9.67. The van der Waals surface area contributed by atoms with Gasteiger partial charge in [0.2, 0.25) is 0 Å². The molecule has 1 aliphatic carbocycles. The third-order valence-electron chi connectivity index (χ3n) is 11.7. The maximum atomic E-state index is 2.43. The average Bonchev–Trinajstić information content (AvgIpc) is 3.59. The zero-order chi connectivity index (χ0) is 37.3. The summed E-state index contributed by atoms with van der Waals surface area (Å²) in [6, 6.07) is 87.0. The van der Waals surface area contributed by atoms with Crippen LogP contribution in [0.15, 0.2) is 237 Å². The van der Waals surface area contributed by atoms with Crippen molar-refractivity contribution in [3.05, 3.63) is 276 Å². The fourth-order valence-corrected chi connectivity index (χ4v) is 9.21. The van der Waals surface area contributed by atoms with Gasteiger partial charge in [-0.2, -0.15) is 0 Å². The first-order valence-corrected chi connectivity index (χ1v) is 19.5. The van der Waals surface area contributed by atoms with Gasteiger partial charge in [0.25, 0.3) is 0 Å². The Morgan fingerprint density at radius 2 is 0.750 bits per heavy atom. The van der Waals surface area contributed by atoms with E-state index in [1.165, 1.54) is 83.5 Å². The number of rotatable bonds is 8. The molecule has 0 fully saturated rings. The Kier molecular flexibility index (Phi) is 8.58. The van der Waals surface area contributed by atoms with E-state index in [1.807, 2.05) is 0 Å². The average molecular weight is 713 g/mol. The Balaban J connectivity index is 1.13. The van der Waals surface area contributed by atoms with Crippen LogP contribution in [0, 0.1) is 0 Å². The summed E-state index contributed by atoms with van der Waals surface area (Å²) in [4.78, 5) is 0. The first kappa shape index (κ1) is 33.5. The SMILES string of the molecule is c1ccc(-c2ccc(C(c3cccc(-c4ccc5c(c4)-c4ccccc4C5(c4ccccc4)c4ccccc4)c3)c3ccccc3-c3ccccc3)cc2)cc1. The summed E-state index contributed by atoms with van der Waals surface area (Å²) in [5.41, 5.74) is 18.6. The highest BCUT2D eigenvalue weighted by Gasteiger charge is 2.45. The lowest BCUT2D eigenvalue weighted by Crippen LogP contribution is -2.28. The Morgan fingerprint density at radius 1 is 0.268 bits per heavy atom. The van der Waals surface area contributed by atoms with Crippen molar-refractivity contribution in [2.45, 2.75) is 11.3 Å². The zero-order valence-electron chi connectivity index (χ0n) is 31.1. The molecule has 0 bridgehead atoms. The van der Waals surface area contributed by atoms with Gasteiger partial charge >= 0.3 is 0 Å². The summed E-state index contributed by atoms with van der Waals surface area (Å²) >= 11 is 0. The summed E-state index contributed by atoms with van der Waals surface area (Å²) in [7, 11) is 0. The predicted molar refractivity (Wildman–Crippen MR) is 234 cm³/mol. The molecule has 0 aromatic heterocycles. The lowest BCUT2D eigenvalue weighted by Gasteiger charge is -2.33. The van der Waals surface area contributed by atoms with Crippen molar-refractivity contribution in [3.63, 3.8) is 0 Å². The van der Waals surface area contributed by atoms with Crippen LogP contribution < -0.4 is 0 Å². The molecular weight excluding hydrogens is 673 g/mol. The number of benzene rings is 9. The van der Waals surface area contributed by atoms with Crippen LogP contribution >= 0.6 is 0 Å². The van der Waals surface area contributed by atoms with E-state index in [9.17, 15) is 0 Å². The van der Waals surface area contributed by atoms with Gasteiger partial charge in [0, 0.05) is 5.92 Å². The summed E-state index contributed by atoms with van der Waals surface area (Å²) < 4.78 is 0. The van der Waals surface area contributed by atoms with Gasteiger partial charge in [-0.1, -0.05) is 231 Å². The van der Waals surface area contributed by atoms with Crippen LogP contribution in [0.3, 0.4) is 0 Å². The van der Waals surface area contributed by atoms with Gasteiger partial charge in [-0.3, -0.25) is 0 Å². The Morgan fingerprint density at radius 3 is 1.43 bits per heavy atom. The Hall–Kier alpha value is -7.02. The molecule has 9 aromatic rings. The van der Waals surface area contributed by atoms with E-state index >= 15 is 0 Å². The molecule has 0 nitrogen and oxygen atoms in total. The van der Waals surface area contributed by atoms with E-state index in [0.29, 0.717) is 0 Å². The Bertz CT molecular complexity index is 2720. The molecule has 1 unspecified atom stereocenters. The topological polar surface area (TPSA) is 0 Å². The molecule has 0 aliphatic heterocycles.